The Morgan fingerprint density at radius 3 is 2.33 bits per heavy atom. The summed E-state index contributed by atoms with van der Waals surface area (Å²) in [6.45, 7) is 3.59. The predicted molar refractivity (Wildman–Crippen MR) is 66.0 cm³/mol. The Labute approximate surface area is 106 Å². The second kappa shape index (κ2) is 6.22. The SMILES string of the molecule is CCOC(=O)/C(C#N)=C(/C)c1ccc(C#N)cc1. The third-order valence-corrected chi connectivity index (χ3v) is 2.41. The van der Waals surface area contributed by atoms with Crippen LogP contribution in [0.5, 0.6) is 0 Å². The number of benzene rings is 1. The van der Waals surface area contributed by atoms with Crippen LogP contribution in [0.2, 0.25) is 0 Å². The molecule has 0 aliphatic rings. The third-order valence-electron chi connectivity index (χ3n) is 2.41. The number of carbonyl (C=O) groups excluding carboxylic acids is 1. The minimum Gasteiger partial charge on any atom is -0.462 e. The van der Waals surface area contributed by atoms with Gasteiger partial charge < -0.3 is 4.74 Å². The van der Waals surface area contributed by atoms with E-state index in [0.717, 1.165) is 5.56 Å². The molecule has 18 heavy (non-hydrogen) atoms. The molecule has 0 aromatic heterocycles. The maximum absolute atomic E-state index is 11.6. The Kier molecular flexibility index (Phi) is 4.66. The molecule has 0 atom stereocenters. The zero-order valence-electron chi connectivity index (χ0n) is 10.2. The molecule has 0 radical (unpaired) electrons. The molecule has 0 aliphatic heterocycles. The summed E-state index contributed by atoms with van der Waals surface area (Å²) in [5.74, 6) is -0.623. The molecular formula is C14H12N2O2. The number of nitriles is 2. The lowest BCUT2D eigenvalue weighted by molar-refractivity contribution is -0.137. The topological polar surface area (TPSA) is 73.9 Å². The van der Waals surface area contributed by atoms with Gasteiger partial charge in [0.2, 0.25) is 0 Å². The zero-order chi connectivity index (χ0) is 13.5. The van der Waals surface area contributed by atoms with Crippen molar-refractivity contribution >= 4 is 11.5 Å². The summed E-state index contributed by atoms with van der Waals surface area (Å²) in [6, 6.07) is 10.5. The van der Waals surface area contributed by atoms with Gasteiger partial charge in [-0.05, 0) is 37.1 Å². The van der Waals surface area contributed by atoms with Crippen molar-refractivity contribution in [3.63, 3.8) is 0 Å². The molecule has 0 unspecified atom stereocenters. The molecule has 0 saturated heterocycles. The molecule has 1 rings (SSSR count). The van der Waals surface area contributed by atoms with Crippen molar-refractivity contribution in [1.82, 2.24) is 0 Å². The molecule has 0 saturated carbocycles. The summed E-state index contributed by atoms with van der Waals surface area (Å²) in [5.41, 5.74) is 1.78. The minimum atomic E-state index is -0.623. The van der Waals surface area contributed by atoms with Crippen LogP contribution in [-0.4, -0.2) is 12.6 Å². The maximum atomic E-state index is 11.6. The second-order valence-corrected chi connectivity index (χ2v) is 3.52. The van der Waals surface area contributed by atoms with Crippen LogP contribution >= 0.6 is 0 Å². The van der Waals surface area contributed by atoms with E-state index in [2.05, 4.69) is 0 Å². The van der Waals surface area contributed by atoms with Crippen molar-refractivity contribution in [2.45, 2.75) is 13.8 Å². The van der Waals surface area contributed by atoms with Gasteiger partial charge in [0.15, 0.2) is 0 Å². The molecule has 4 nitrogen and oxygen atoms in total. The monoisotopic (exact) mass is 240 g/mol. The summed E-state index contributed by atoms with van der Waals surface area (Å²) in [4.78, 5) is 11.6. The number of allylic oxidation sites excluding steroid dienone is 1. The highest BCUT2D eigenvalue weighted by Gasteiger charge is 2.14. The van der Waals surface area contributed by atoms with E-state index in [1.54, 1.807) is 38.1 Å². The zero-order valence-corrected chi connectivity index (χ0v) is 10.2. The van der Waals surface area contributed by atoms with Gasteiger partial charge in [-0.25, -0.2) is 4.79 Å². The summed E-state index contributed by atoms with van der Waals surface area (Å²) in [5, 5.41) is 17.7. The Hall–Kier alpha value is -2.59. The molecule has 0 N–H and O–H groups in total. The van der Waals surface area contributed by atoms with E-state index in [1.165, 1.54) is 0 Å². The van der Waals surface area contributed by atoms with Crippen LogP contribution in [0.4, 0.5) is 0 Å². The maximum Gasteiger partial charge on any atom is 0.349 e. The first-order chi connectivity index (χ1) is 8.63. The second-order valence-electron chi connectivity index (χ2n) is 3.52. The third kappa shape index (κ3) is 2.96. The van der Waals surface area contributed by atoms with Gasteiger partial charge >= 0.3 is 5.97 Å². The molecule has 0 aliphatic carbocycles. The fourth-order valence-electron chi connectivity index (χ4n) is 1.42. The number of carbonyl (C=O) groups is 1. The summed E-state index contributed by atoms with van der Waals surface area (Å²) in [6.07, 6.45) is 0. The summed E-state index contributed by atoms with van der Waals surface area (Å²) in [7, 11) is 0. The lowest BCUT2D eigenvalue weighted by atomic mass is 10.0. The normalized spacial score (nSPS) is 10.9. The van der Waals surface area contributed by atoms with Crippen molar-refractivity contribution < 1.29 is 9.53 Å². The first-order valence-corrected chi connectivity index (χ1v) is 5.42. The lowest BCUT2D eigenvalue weighted by Gasteiger charge is -2.05. The number of nitrogens with zero attached hydrogens (tertiary/aromatic N) is 2. The fraction of sp³-hybridized carbons (Fsp3) is 0.214. The predicted octanol–water partition coefficient (Wildman–Crippen LogP) is 2.42. The van der Waals surface area contributed by atoms with E-state index >= 15 is 0 Å². The fourth-order valence-corrected chi connectivity index (χ4v) is 1.42. The lowest BCUT2D eigenvalue weighted by Crippen LogP contribution is -2.08. The molecule has 1 aromatic rings. The van der Waals surface area contributed by atoms with Crippen molar-refractivity contribution in [1.29, 1.82) is 10.5 Å². The molecule has 0 heterocycles. The highest BCUT2D eigenvalue weighted by atomic mass is 16.5. The van der Waals surface area contributed by atoms with Crippen molar-refractivity contribution in [3.8, 4) is 12.1 Å². The van der Waals surface area contributed by atoms with E-state index in [1.807, 2.05) is 12.1 Å². The van der Waals surface area contributed by atoms with Gasteiger partial charge in [-0.2, -0.15) is 10.5 Å². The highest BCUT2D eigenvalue weighted by Crippen LogP contribution is 2.19. The Morgan fingerprint density at radius 2 is 1.89 bits per heavy atom. The van der Waals surface area contributed by atoms with Crippen molar-refractivity contribution in [3.05, 3.63) is 41.0 Å². The van der Waals surface area contributed by atoms with Crippen LogP contribution < -0.4 is 0 Å². The van der Waals surface area contributed by atoms with Gasteiger partial charge in [-0.3, -0.25) is 0 Å². The molecular weight excluding hydrogens is 228 g/mol. The van der Waals surface area contributed by atoms with E-state index in [0.29, 0.717) is 11.1 Å². The first kappa shape index (κ1) is 13.5. The quantitative estimate of drug-likeness (QED) is 0.462. The number of ether oxygens (including phenoxy) is 1. The van der Waals surface area contributed by atoms with Crippen LogP contribution in [0, 0.1) is 22.7 Å². The van der Waals surface area contributed by atoms with Gasteiger partial charge in [0, 0.05) is 0 Å². The Balaban J connectivity index is 3.16. The van der Waals surface area contributed by atoms with Gasteiger partial charge in [-0.1, -0.05) is 12.1 Å². The van der Waals surface area contributed by atoms with Crippen LogP contribution in [-0.2, 0) is 9.53 Å². The van der Waals surface area contributed by atoms with Crippen molar-refractivity contribution in [2.75, 3.05) is 6.61 Å². The molecule has 0 spiro atoms. The van der Waals surface area contributed by atoms with E-state index in [9.17, 15) is 4.79 Å². The van der Waals surface area contributed by atoms with Crippen LogP contribution in [0.1, 0.15) is 25.0 Å². The molecule has 1 aromatic carbocycles. The molecule has 4 heteroatoms. The summed E-state index contributed by atoms with van der Waals surface area (Å²) >= 11 is 0. The highest BCUT2D eigenvalue weighted by molar-refractivity contribution is 6.01. The van der Waals surface area contributed by atoms with E-state index < -0.39 is 5.97 Å². The van der Waals surface area contributed by atoms with Gasteiger partial charge in [0.1, 0.15) is 11.6 Å². The Bertz CT molecular complexity index is 557. The van der Waals surface area contributed by atoms with Crippen LogP contribution in [0.25, 0.3) is 5.57 Å². The Morgan fingerprint density at radius 1 is 1.28 bits per heavy atom. The van der Waals surface area contributed by atoms with Crippen LogP contribution in [0.3, 0.4) is 0 Å². The number of hydrogen-bond donors (Lipinski definition) is 0. The number of hydrogen-bond acceptors (Lipinski definition) is 4. The largest absolute Gasteiger partial charge is 0.462 e. The molecule has 90 valence electrons. The standard InChI is InChI=1S/C14H12N2O2/c1-3-18-14(17)13(9-16)10(2)12-6-4-11(8-15)5-7-12/h4-7H,3H2,1-2H3/b13-10-. The average molecular weight is 240 g/mol. The smallest absolute Gasteiger partial charge is 0.349 e. The van der Waals surface area contributed by atoms with E-state index in [4.69, 9.17) is 15.3 Å². The number of esters is 1. The average Bonchev–Trinajstić information content (AvgIpc) is 2.40. The first-order valence-electron chi connectivity index (χ1n) is 5.42. The number of rotatable bonds is 3. The van der Waals surface area contributed by atoms with Gasteiger partial charge in [0.05, 0.1) is 18.2 Å². The van der Waals surface area contributed by atoms with E-state index in [-0.39, 0.29) is 12.2 Å². The molecule has 0 fully saturated rings. The van der Waals surface area contributed by atoms with Gasteiger partial charge in [-0.15, -0.1) is 0 Å². The van der Waals surface area contributed by atoms with Crippen LogP contribution in [0.15, 0.2) is 29.8 Å². The van der Waals surface area contributed by atoms with Gasteiger partial charge in [0.25, 0.3) is 0 Å². The van der Waals surface area contributed by atoms with Crippen molar-refractivity contribution in [2.24, 2.45) is 0 Å². The molecule has 0 amide bonds. The minimum absolute atomic E-state index is 0.0124. The molecule has 0 bridgehead atoms. The summed E-state index contributed by atoms with van der Waals surface area (Å²) < 4.78 is 4.81.